The first-order valence-electron chi connectivity index (χ1n) is 3.17. The van der Waals surface area contributed by atoms with E-state index in [0.29, 0.717) is 5.65 Å². The molecule has 4 nitrogen and oxygen atoms in total. The van der Waals surface area contributed by atoms with Gasteiger partial charge in [0.25, 0.3) is 0 Å². The molecule has 5 heteroatoms. The Kier molecular flexibility index (Phi) is 1.25. The summed E-state index contributed by atoms with van der Waals surface area (Å²) in [6, 6.07) is 1.86. The quantitative estimate of drug-likeness (QED) is 0.596. The van der Waals surface area contributed by atoms with Crippen molar-refractivity contribution in [2.24, 2.45) is 0 Å². The Morgan fingerprint density at radius 1 is 1.64 bits per heavy atom. The number of H-pyrrole nitrogens is 1. The molecule has 0 aliphatic heterocycles. The topological polar surface area (TPSA) is 46.0 Å². The van der Waals surface area contributed by atoms with Crippen LogP contribution in [0.15, 0.2) is 12.4 Å². The normalized spacial score (nSPS) is 10.6. The molecule has 2 heterocycles. The average Bonchev–Trinajstić information content (AvgIpc) is 2.34. The zero-order valence-electron chi connectivity index (χ0n) is 5.90. The highest BCUT2D eigenvalue weighted by Crippen LogP contribution is 2.00. The SMILES string of the molecule is Cc1cc(=S)c2nncn2[nH]1. The van der Waals surface area contributed by atoms with Crippen LogP contribution in [-0.4, -0.2) is 19.8 Å². The second-order valence-electron chi connectivity index (χ2n) is 2.33. The maximum atomic E-state index is 5.05. The first kappa shape index (κ1) is 6.48. The second-order valence-corrected chi connectivity index (χ2v) is 2.77. The highest BCUT2D eigenvalue weighted by atomic mass is 32.1. The predicted molar refractivity (Wildman–Crippen MR) is 42.9 cm³/mol. The van der Waals surface area contributed by atoms with Crippen LogP contribution in [0.2, 0.25) is 0 Å². The van der Waals surface area contributed by atoms with Crippen molar-refractivity contribution in [1.82, 2.24) is 19.8 Å². The highest BCUT2D eigenvalue weighted by molar-refractivity contribution is 7.71. The van der Waals surface area contributed by atoms with E-state index in [9.17, 15) is 0 Å². The molecule has 11 heavy (non-hydrogen) atoms. The summed E-state index contributed by atoms with van der Waals surface area (Å²) >= 11 is 5.05. The molecule has 1 N–H and O–H groups in total. The third kappa shape index (κ3) is 0.932. The Morgan fingerprint density at radius 3 is 3.27 bits per heavy atom. The van der Waals surface area contributed by atoms with Gasteiger partial charge in [-0.2, -0.15) is 0 Å². The molecule has 0 saturated heterocycles. The van der Waals surface area contributed by atoms with Gasteiger partial charge in [-0.15, -0.1) is 10.2 Å². The Hall–Kier alpha value is -1.23. The number of aromatic amines is 1. The van der Waals surface area contributed by atoms with Gasteiger partial charge in [0.2, 0.25) is 0 Å². The van der Waals surface area contributed by atoms with Gasteiger partial charge in [-0.25, -0.2) is 4.52 Å². The van der Waals surface area contributed by atoms with E-state index in [2.05, 4.69) is 15.3 Å². The van der Waals surface area contributed by atoms with Crippen molar-refractivity contribution < 1.29 is 0 Å². The van der Waals surface area contributed by atoms with Gasteiger partial charge in [0, 0.05) is 5.69 Å². The fourth-order valence-electron chi connectivity index (χ4n) is 0.968. The Bertz CT molecular complexity index is 441. The molecule has 0 atom stereocenters. The van der Waals surface area contributed by atoms with Gasteiger partial charge < -0.3 is 0 Å². The molecule has 56 valence electrons. The summed E-state index contributed by atoms with van der Waals surface area (Å²) in [6.07, 6.45) is 1.60. The first-order valence-corrected chi connectivity index (χ1v) is 3.58. The Labute approximate surface area is 67.9 Å². The van der Waals surface area contributed by atoms with Crippen LogP contribution in [-0.2, 0) is 0 Å². The number of fused-ring (bicyclic) bond motifs is 1. The summed E-state index contributed by atoms with van der Waals surface area (Å²) in [4.78, 5) is 0. The molecular formula is C6H6N4S. The van der Waals surface area contributed by atoms with Crippen molar-refractivity contribution in [1.29, 1.82) is 0 Å². The molecule has 2 aromatic heterocycles. The minimum atomic E-state index is 0.700. The molecule has 0 radical (unpaired) electrons. The van der Waals surface area contributed by atoms with Crippen molar-refractivity contribution in [2.75, 3.05) is 0 Å². The molecule has 0 bridgehead atoms. The van der Waals surface area contributed by atoms with E-state index >= 15 is 0 Å². The summed E-state index contributed by atoms with van der Waals surface area (Å²) in [5.74, 6) is 0. The average molecular weight is 166 g/mol. The summed E-state index contributed by atoms with van der Waals surface area (Å²) < 4.78 is 2.43. The smallest absolute Gasteiger partial charge is 0.193 e. The highest BCUT2D eigenvalue weighted by Gasteiger charge is 1.96. The summed E-state index contributed by atoms with van der Waals surface area (Å²) in [5, 5.41) is 10.6. The Morgan fingerprint density at radius 2 is 2.45 bits per heavy atom. The van der Waals surface area contributed by atoms with Crippen LogP contribution >= 0.6 is 12.2 Å². The van der Waals surface area contributed by atoms with Crippen LogP contribution in [0.5, 0.6) is 0 Å². The van der Waals surface area contributed by atoms with Crippen LogP contribution in [0.3, 0.4) is 0 Å². The third-order valence-electron chi connectivity index (χ3n) is 1.41. The van der Waals surface area contributed by atoms with Gasteiger partial charge in [0.15, 0.2) is 5.65 Å². The maximum absolute atomic E-state index is 5.05. The van der Waals surface area contributed by atoms with E-state index in [1.165, 1.54) is 0 Å². The molecule has 0 fully saturated rings. The van der Waals surface area contributed by atoms with Crippen molar-refractivity contribution in [3.63, 3.8) is 0 Å². The molecule has 0 amide bonds. The number of nitrogens with zero attached hydrogens (tertiary/aromatic N) is 3. The lowest BCUT2D eigenvalue weighted by atomic mass is 10.4. The third-order valence-corrected chi connectivity index (χ3v) is 1.71. The van der Waals surface area contributed by atoms with E-state index in [1.807, 2.05) is 13.0 Å². The largest absolute Gasteiger partial charge is 0.296 e. The van der Waals surface area contributed by atoms with Crippen LogP contribution in [0.4, 0.5) is 0 Å². The van der Waals surface area contributed by atoms with Gasteiger partial charge in [-0.1, -0.05) is 12.2 Å². The number of rotatable bonds is 0. The zero-order chi connectivity index (χ0) is 7.84. The van der Waals surface area contributed by atoms with Gasteiger partial charge in [0.1, 0.15) is 6.33 Å². The van der Waals surface area contributed by atoms with E-state index in [4.69, 9.17) is 12.2 Å². The fraction of sp³-hybridized carbons (Fsp3) is 0.167. The fourth-order valence-corrected chi connectivity index (χ4v) is 1.28. The molecule has 0 aliphatic rings. The molecular weight excluding hydrogens is 160 g/mol. The zero-order valence-corrected chi connectivity index (χ0v) is 6.72. The Balaban J connectivity index is 3.02. The van der Waals surface area contributed by atoms with Crippen molar-refractivity contribution in [3.8, 4) is 0 Å². The van der Waals surface area contributed by atoms with E-state index in [0.717, 1.165) is 10.2 Å². The summed E-state index contributed by atoms with van der Waals surface area (Å²) in [5.41, 5.74) is 1.70. The van der Waals surface area contributed by atoms with E-state index in [-0.39, 0.29) is 0 Å². The molecule has 0 unspecified atom stereocenters. The maximum Gasteiger partial charge on any atom is 0.193 e. The van der Waals surface area contributed by atoms with Crippen molar-refractivity contribution in [2.45, 2.75) is 6.92 Å². The number of hydrogen-bond donors (Lipinski definition) is 1. The molecule has 2 aromatic rings. The molecule has 0 aliphatic carbocycles. The molecule has 2 rings (SSSR count). The lowest BCUT2D eigenvalue weighted by Gasteiger charge is -1.94. The van der Waals surface area contributed by atoms with E-state index < -0.39 is 0 Å². The van der Waals surface area contributed by atoms with Crippen molar-refractivity contribution >= 4 is 17.9 Å². The lowest BCUT2D eigenvalue weighted by molar-refractivity contribution is 0.891. The first-order chi connectivity index (χ1) is 5.27. The van der Waals surface area contributed by atoms with Gasteiger partial charge in [0.05, 0.1) is 4.51 Å². The van der Waals surface area contributed by atoms with Crippen LogP contribution in [0.25, 0.3) is 5.65 Å². The van der Waals surface area contributed by atoms with Crippen molar-refractivity contribution in [3.05, 3.63) is 22.6 Å². The standard InChI is InChI=1S/C6H6N4S/c1-4-2-5(11)6-8-7-3-10(6)9-4/h2-3,9H,1H3. The number of aromatic nitrogens is 4. The minimum Gasteiger partial charge on any atom is -0.296 e. The van der Waals surface area contributed by atoms with Gasteiger partial charge in [-0.05, 0) is 13.0 Å². The van der Waals surface area contributed by atoms with Gasteiger partial charge in [-0.3, -0.25) is 5.10 Å². The predicted octanol–water partition coefficient (Wildman–Crippen LogP) is 1.10. The number of aryl methyl sites for hydroxylation is 1. The molecule has 0 spiro atoms. The van der Waals surface area contributed by atoms with Crippen LogP contribution < -0.4 is 0 Å². The number of nitrogens with one attached hydrogen (secondary N) is 1. The van der Waals surface area contributed by atoms with Crippen LogP contribution in [0, 0.1) is 11.4 Å². The number of hydrogen-bond acceptors (Lipinski definition) is 3. The monoisotopic (exact) mass is 166 g/mol. The van der Waals surface area contributed by atoms with Crippen LogP contribution in [0.1, 0.15) is 5.69 Å². The second kappa shape index (κ2) is 2.13. The van der Waals surface area contributed by atoms with Gasteiger partial charge >= 0.3 is 0 Å². The summed E-state index contributed by atoms with van der Waals surface area (Å²) in [7, 11) is 0. The lowest BCUT2D eigenvalue weighted by Crippen LogP contribution is -1.92. The minimum absolute atomic E-state index is 0.700. The van der Waals surface area contributed by atoms with E-state index in [1.54, 1.807) is 10.8 Å². The molecule has 0 saturated carbocycles. The summed E-state index contributed by atoms with van der Waals surface area (Å²) in [6.45, 7) is 1.94. The molecule has 0 aromatic carbocycles.